The molecule has 0 fully saturated rings. The number of methoxy groups -OCH3 is 1. The molecule has 0 spiro atoms. The van der Waals surface area contributed by atoms with Crippen molar-refractivity contribution in [1.82, 2.24) is 14.9 Å². The molecule has 10 nitrogen and oxygen atoms in total. The van der Waals surface area contributed by atoms with E-state index in [-0.39, 0.29) is 16.1 Å². The Hall–Kier alpha value is -4.33. The summed E-state index contributed by atoms with van der Waals surface area (Å²) in [6.45, 7) is 1.83. The second-order valence-corrected chi connectivity index (χ2v) is 10.3. The number of amides is 1. The molecular weight excluding hydrogens is 529 g/mol. The Labute approximate surface area is 215 Å². The Morgan fingerprint density at radius 1 is 1.16 bits per heavy atom. The summed E-state index contributed by atoms with van der Waals surface area (Å²) in [4.78, 5) is 32.9. The summed E-state index contributed by atoms with van der Waals surface area (Å²) in [5.41, 5.74) is 1.50. The fourth-order valence-corrected chi connectivity index (χ4v) is 4.32. The molecule has 1 aliphatic rings. The number of ether oxygens (including phenoxy) is 1. The maximum atomic E-state index is 13.0. The lowest BCUT2D eigenvalue weighted by Crippen LogP contribution is -2.53. The van der Waals surface area contributed by atoms with Crippen molar-refractivity contribution in [3.63, 3.8) is 0 Å². The van der Waals surface area contributed by atoms with Gasteiger partial charge in [-0.15, -0.1) is 0 Å². The van der Waals surface area contributed by atoms with Crippen LogP contribution >= 0.6 is 0 Å². The van der Waals surface area contributed by atoms with Crippen LogP contribution in [0.5, 0.6) is 5.75 Å². The first kappa shape index (κ1) is 26.7. The number of nitrogens with zero attached hydrogens (tertiary/aromatic N) is 3. The van der Waals surface area contributed by atoms with E-state index in [1.165, 1.54) is 19.3 Å². The van der Waals surface area contributed by atoms with E-state index in [9.17, 15) is 31.2 Å². The van der Waals surface area contributed by atoms with Crippen molar-refractivity contribution in [2.75, 3.05) is 18.4 Å². The lowest BCUT2D eigenvalue weighted by molar-refractivity contribution is -0.202. The SMILES string of the molecule is COc1cc(C=CC2NC(=O)c3ccc(S(C)(=O)=O)cc3N2OC(=O)C(F)(F)F)ccc1-n1cnc(C)c1. The van der Waals surface area contributed by atoms with Gasteiger partial charge in [-0.3, -0.25) is 4.79 Å². The number of sulfone groups is 1. The van der Waals surface area contributed by atoms with Gasteiger partial charge in [0, 0.05) is 12.5 Å². The zero-order chi connectivity index (χ0) is 27.8. The number of carbonyl (C=O) groups excluding carboxylic acids is 2. The van der Waals surface area contributed by atoms with Crippen molar-refractivity contribution in [1.29, 1.82) is 0 Å². The molecule has 3 aromatic rings. The third kappa shape index (κ3) is 5.49. The molecule has 2 heterocycles. The number of hydroxylamine groups is 1. The van der Waals surface area contributed by atoms with Gasteiger partial charge in [-0.1, -0.05) is 12.1 Å². The van der Waals surface area contributed by atoms with E-state index < -0.39 is 34.1 Å². The van der Waals surface area contributed by atoms with Gasteiger partial charge in [-0.25, -0.2) is 18.2 Å². The van der Waals surface area contributed by atoms with Crippen LogP contribution in [0, 0.1) is 6.92 Å². The monoisotopic (exact) mass is 550 g/mol. The highest BCUT2D eigenvalue weighted by Crippen LogP contribution is 2.32. The van der Waals surface area contributed by atoms with Gasteiger partial charge >= 0.3 is 12.1 Å². The highest BCUT2D eigenvalue weighted by Gasteiger charge is 2.45. The van der Waals surface area contributed by atoms with Crippen molar-refractivity contribution >= 4 is 33.5 Å². The molecule has 0 aliphatic carbocycles. The van der Waals surface area contributed by atoms with Crippen molar-refractivity contribution in [3.05, 3.63) is 71.8 Å². The van der Waals surface area contributed by atoms with Gasteiger partial charge in [-0.05, 0) is 48.9 Å². The topological polar surface area (TPSA) is 120 Å². The van der Waals surface area contributed by atoms with Crippen LogP contribution in [0.3, 0.4) is 0 Å². The number of benzene rings is 2. The molecule has 1 amide bonds. The van der Waals surface area contributed by atoms with E-state index in [0.717, 1.165) is 30.1 Å². The van der Waals surface area contributed by atoms with Crippen molar-refractivity contribution in [3.8, 4) is 11.4 Å². The lowest BCUT2D eigenvalue weighted by Gasteiger charge is -2.35. The number of imidazole rings is 1. The predicted octanol–water partition coefficient (Wildman–Crippen LogP) is 3.20. The number of anilines is 1. The molecule has 4 rings (SSSR count). The van der Waals surface area contributed by atoms with Crippen LogP contribution in [0.4, 0.5) is 18.9 Å². The van der Waals surface area contributed by atoms with Gasteiger partial charge in [0.2, 0.25) is 0 Å². The first-order valence-corrected chi connectivity index (χ1v) is 12.8. The minimum Gasteiger partial charge on any atom is -0.495 e. The Kier molecular flexibility index (Phi) is 6.93. The Bertz CT molecular complexity index is 1550. The molecule has 38 heavy (non-hydrogen) atoms. The van der Waals surface area contributed by atoms with Crippen molar-refractivity contribution in [2.24, 2.45) is 0 Å². The first-order chi connectivity index (χ1) is 17.8. The van der Waals surface area contributed by atoms with E-state index in [0.29, 0.717) is 22.1 Å². The van der Waals surface area contributed by atoms with Crippen LogP contribution in [-0.2, 0) is 19.5 Å². The summed E-state index contributed by atoms with van der Waals surface area (Å²) >= 11 is 0. The number of halogens is 3. The highest BCUT2D eigenvalue weighted by molar-refractivity contribution is 7.90. The summed E-state index contributed by atoms with van der Waals surface area (Å²) in [5.74, 6) is -2.80. The predicted molar refractivity (Wildman–Crippen MR) is 129 cm³/mol. The number of fused-ring (bicyclic) bond motifs is 1. The quantitative estimate of drug-likeness (QED) is 0.497. The molecule has 1 N–H and O–H groups in total. The molecular formula is C24H21F3N4O6S. The van der Waals surface area contributed by atoms with Gasteiger partial charge < -0.3 is 19.5 Å². The second-order valence-electron chi connectivity index (χ2n) is 8.28. The van der Waals surface area contributed by atoms with Gasteiger partial charge in [0.1, 0.15) is 5.75 Å². The average Bonchev–Trinajstić information content (AvgIpc) is 3.28. The molecule has 14 heteroatoms. The fourth-order valence-electron chi connectivity index (χ4n) is 3.68. The van der Waals surface area contributed by atoms with Crippen molar-refractivity contribution in [2.45, 2.75) is 24.2 Å². The third-order valence-electron chi connectivity index (χ3n) is 5.49. The number of nitrogens with one attached hydrogen (secondary N) is 1. The molecule has 1 aromatic heterocycles. The maximum Gasteiger partial charge on any atom is 0.493 e. The highest BCUT2D eigenvalue weighted by atomic mass is 32.2. The van der Waals surface area contributed by atoms with E-state index >= 15 is 0 Å². The number of rotatable bonds is 6. The molecule has 200 valence electrons. The van der Waals surface area contributed by atoms with Crippen molar-refractivity contribution < 1.29 is 40.8 Å². The van der Waals surface area contributed by atoms with E-state index in [1.807, 2.05) is 6.92 Å². The standard InChI is InChI=1S/C24H21F3N4O6S/c1-14-12-30(13-28-14)18-8-4-15(10-20(18)36-2)5-9-21-29-22(32)17-7-6-16(38(3,34)35)11-19(17)31(21)37-23(33)24(25,26)27/h4-13,21H,1-3H3,(H,29,32). The first-order valence-electron chi connectivity index (χ1n) is 10.9. The van der Waals surface area contributed by atoms with Gasteiger partial charge in [0.05, 0.1) is 41.0 Å². The normalized spacial score (nSPS) is 15.8. The number of aryl methyl sites for hydroxylation is 1. The second kappa shape index (κ2) is 9.85. The van der Waals surface area contributed by atoms with Crippen LogP contribution < -0.4 is 15.1 Å². The van der Waals surface area contributed by atoms with Crippen LogP contribution in [0.1, 0.15) is 21.6 Å². The minimum atomic E-state index is -5.35. The summed E-state index contributed by atoms with van der Waals surface area (Å²) in [6, 6.07) is 8.29. The van der Waals surface area contributed by atoms with Crippen LogP contribution in [0.2, 0.25) is 0 Å². The summed E-state index contributed by atoms with van der Waals surface area (Å²) in [6.07, 6.45) is 0.291. The molecule has 0 radical (unpaired) electrons. The lowest BCUT2D eigenvalue weighted by atomic mass is 10.1. The zero-order valence-corrected chi connectivity index (χ0v) is 21.0. The van der Waals surface area contributed by atoms with E-state index in [2.05, 4.69) is 15.1 Å². The zero-order valence-electron chi connectivity index (χ0n) is 20.2. The molecule has 1 unspecified atom stereocenters. The average molecular weight is 551 g/mol. The van der Waals surface area contributed by atoms with Gasteiger partial charge in [0.15, 0.2) is 16.0 Å². The van der Waals surface area contributed by atoms with Gasteiger partial charge in [0.25, 0.3) is 5.91 Å². The Morgan fingerprint density at radius 3 is 2.50 bits per heavy atom. The third-order valence-corrected chi connectivity index (χ3v) is 6.60. The molecule has 1 atom stereocenters. The molecule has 0 saturated heterocycles. The molecule has 0 saturated carbocycles. The number of alkyl halides is 3. The minimum absolute atomic E-state index is 0.182. The molecule has 2 aromatic carbocycles. The van der Waals surface area contributed by atoms with Crippen LogP contribution in [0.15, 0.2) is 59.9 Å². The molecule has 0 bridgehead atoms. The van der Waals surface area contributed by atoms with E-state index in [1.54, 1.807) is 35.3 Å². The largest absolute Gasteiger partial charge is 0.495 e. The number of hydrogen-bond donors (Lipinski definition) is 1. The van der Waals surface area contributed by atoms with Crippen LogP contribution in [0.25, 0.3) is 11.8 Å². The van der Waals surface area contributed by atoms with Gasteiger partial charge in [-0.2, -0.15) is 18.2 Å². The Balaban J connectivity index is 1.73. The smallest absolute Gasteiger partial charge is 0.493 e. The van der Waals surface area contributed by atoms with Crippen LogP contribution in [-0.4, -0.2) is 55.6 Å². The summed E-state index contributed by atoms with van der Waals surface area (Å²) in [7, 11) is -2.34. The fraction of sp³-hybridized carbons (Fsp3) is 0.208. The number of aromatic nitrogens is 2. The summed E-state index contributed by atoms with van der Waals surface area (Å²) < 4.78 is 70.4. The number of carbonyl (C=O) groups is 2. The number of hydrogen-bond acceptors (Lipinski definition) is 8. The Morgan fingerprint density at radius 2 is 1.89 bits per heavy atom. The molecule has 1 aliphatic heterocycles. The van der Waals surface area contributed by atoms with E-state index in [4.69, 9.17) is 4.74 Å². The maximum absolute atomic E-state index is 13.0. The summed E-state index contributed by atoms with van der Waals surface area (Å²) in [5, 5.41) is 2.95.